The molecule has 0 aliphatic carbocycles. The number of nitrogen functional groups attached to an aromatic ring is 1. The minimum absolute atomic E-state index is 0.0290. The highest BCUT2D eigenvalue weighted by atomic mass is 16.6. The van der Waals surface area contributed by atoms with Crippen LogP contribution in [0.25, 0.3) is 0 Å². The number of anilines is 1. The van der Waals surface area contributed by atoms with Gasteiger partial charge in [-0.05, 0) is 44.2 Å². The molecule has 0 amide bonds. The number of carbonyl (C=O) groups excluding carboxylic acids is 2. The van der Waals surface area contributed by atoms with Crippen LogP contribution < -0.4 is 10.5 Å². The van der Waals surface area contributed by atoms with Gasteiger partial charge in [-0.3, -0.25) is 14.9 Å². The lowest BCUT2D eigenvalue weighted by Gasteiger charge is -2.13. The maximum Gasteiger partial charge on any atom is 0.341 e. The number of rotatable bonds is 7. The predicted molar refractivity (Wildman–Crippen MR) is 94.3 cm³/mol. The molecule has 0 unspecified atom stereocenters. The molecule has 136 valence electrons. The first-order valence-electron chi connectivity index (χ1n) is 7.85. The Morgan fingerprint density at radius 3 is 2.42 bits per heavy atom. The molecule has 26 heavy (non-hydrogen) atoms. The first-order valence-corrected chi connectivity index (χ1v) is 7.85. The highest BCUT2D eigenvalue weighted by molar-refractivity contribution is 6.02. The number of esters is 1. The molecule has 0 spiro atoms. The van der Waals surface area contributed by atoms with Gasteiger partial charge in [0, 0.05) is 23.4 Å². The number of non-ortho nitro benzene ring substituents is 1. The third kappa shape index (κ3) is 4.35. The molecule has 0 bridgehead atoms. The quantitative estimate of drug-likeness (QED) is 0.265. The molecule has 2 aromatic carbocycles. The lowest BCUT2D eigenvalue weighted by molar-refractivity contribution is -0.384. The number of nitro groups is 1. The Balaban J connectivity index is 2.12. The van der Waals surface area contributed by atoms with Crippen LogP contribution in [-0.2, 0) is 4.74 Å². The lowest BCUT2D eigenvalue weighted by atomic mass is 10.1. The van der Waals surface area contributed by atoms with Crippen LogP contribution in [-0.4, -0.2) is 29.4 Å². The second-order valence-electron chi connectivity index (χ2n) is 5.40. The zero-order chi connectivity index (χ0) is 19.3. The van der Waals surface area contributed by atoms with E-state index in [1.165, 1.54) is 19.1 Å². The van der Waals surface area contributed by atoms with Crippen molar-refractivity contribution in [2.45, 2.75) is 20.0 Å². The standard InChI is InChI=1S/C18H18N2O6/c1-3-25-14-7-4-12(5-8-14)17(21)11(2)26-18(22)15-10-13(20(23)24)6-9-16(15)19/h4-11H,3,19H2,1-2H3/t11-/m0/s1. The molecular weight excluding hydrogens is 340 g/mol. The number of ketones is 1. The molecule has 8 heteroatoms. The van der Waals surface area contributed by atoms with Crippen molar-refractivity contribution >= 4 is 23.1 Å². The van der Waals surface area contributed by atoms with Crippen LogP contribution in [0.1, 0.15) is 34.6 Å². The summed E-state index contributed by atoms with van der Waals surface area (Å²) in [5.41, 5.74) is 5.60. The number of hydrogen-bond acceptors (Lipinski definition) is 7. The molecule has 0 aliphatic heterocycles. The molecular formula is C18H18N2O6. The summed E-state index contributed by atoms with van der Waals surface area (Å²) in [7, 11) is 0. The van der Waals surface area contributed by atoms with Crippen LogP contribution in [0.2, 0.25) is 0 Å². The van der Waals surface area contributed by atoms with Crippen LogP contribution in [0.5, 0.6) is 5.75 Å². The van der Waals surface area contributed by atoms with Gasteiger partial charge in [-0.2, -0.15) is 0 Å². The summed E-state index contributed by atoms with van der Waals surface area (Å²) in [6, 6.07) is 9.87. The van der Waals surface area contributed by atoms with Crippen LogP contribution in [0, 0.1) is 10.1 Å². The second kappa shape index (κ2) is 8.11. The van der Waals surface area contributed by atoms with Gasteiger partial charge in [0.15, 0.2) is 6.10 Å². The molecule has 2 rings (SSSR count). The van der Waals surface area contributed by atoms with E-state index in [0.717, 1.165) is 6.07 Å². The van der Waals surface area contributed by atoms with E-state index in [9.17, 15) is 19.7 Å². The fraction of sp³-hybridized carbons (Fsp3) is 0.222. The SMILES string of the molecule is CCOc1ccc(C(=O)[C@H](C)OC(=O)c2cc([N+](=O)[O-])ccc2N)cc1. The van der Waals surface area contributed by atoms with Gasteiger partial charge in [-0.15, -0.1) is 0 Å². The predicted octanol–water partition coefficient (Wildman–Crippen LogP) is 3.00. The number of Topliss-reactive ketones (excluding diaryl/α,β-unsaturated/α-hetero) is 1. The normalized spacial score (nSPS) is 11.5. The van der Waals surface area contributed by atoms with Crippen LogP contribution >= 0.6 is 0 Å². The molecule has 1 atom stereocenters. The van der Waals surface area contributed by atoms with Crippen LogP contribution in [0.4, 0.5) is 11.4 Å². The number of ether oxygens (including phenoxy) is 2. The topological polar surface area (TPSA) is 122 Å². The highest BCUT2D eigenvalue weighted by Gasteiger charge is 2.23. The van der Waals surface area contributed by atoms with Crippen molar-refractivity contribution in [2.24, 2.45) is 0 Å². The van der Waals surface area contributed by atoms with Crippen molar-refractivity contribution < 1.29 is 24.0 Å². The maximum atomic E-state index is 12.4. The van der Waals surface area contributed by atoms with Crippen molar-refractivity contribution in [3.63, 3.8) is 0 Å². The molecule has 2 aromatic rings. The van der Waals surface area contributed by atoms with Crippen LogP contribution in [0.3, 0.4) is 0 Å². The summed E-state index contributed by atoms with van der Waals surface area (Å²) < 4.78 is 10.4. The van der Waals surface area contributed by atoms with Gasteiger partial charge in [0.25, 0.3) is 5.69 Å². The summed E-state index contributed by atoms with van der Waals surface area (Å²) in [6.07, 6.45) is -1.08. The average Bonchev–Trinajstić information content (AvgIpc) is 2.62. The second-order valence-corrected chi connectivity index (χ2v) is 5.40. The maximum absolute atomic E-state index is 12.4. The van der Waals surface area contributed by atoms with E-state index in [1.807, 2.05) is 6.92 Å². The Labute approximate surface area is 149 Å². The fourth-order valence-electron chi connectivity index (χ4n) is 2.23. The Hall–Kier alpha value is -3.42. The first kappa shape index (κ1) is 18.9. The Morgan fingerprint density at radius 2 is 1.85 bits per heavy atom. The summed E-state index contributed by atoms with van der Waals surface area (Å²) in [5.74, 6) is -0.693. The van der Waals surface area contributed by atoms with Gasteiger partial charge in [0.05, 0.1) is 17.1 Å². The summed E-state index contributed by atoms with van der Waals surface area (Å²) in [5, 5.41) is 10.8. The number of carbonyl (C=O) groups is 2. The zero-order valence-corrected chi connectivity index (χ0v) is 14.3. The van der Waals surface area contributed by atoms with E-state index in [4.69, 9.17) is 15.2 Å². The third-order valence-corrected chi connectivity index (χ3v) is 3.57. The van der Waals surface area contributed by atoms with Crippen molar-refractivity contribution in [3.8, 4) is 5.75 Å². The molecule has 0 radical (unpaired) electrons. The Bertz CT molecular complexity index is 832. The summed E-state index contributed by atoms with van der Waals surface area (Å²) in [6.45, 7) is 3.77. The van der Waals surface area contributed by atoms with Gasteiger partial charge < -0.3 is 15.2 Å². The average molecular weight is 358 g/mol. The van der Waals surface area contributed by atoms with E-state index < -0.39 is 22.8 Å². The molecule has 0 aromatic heterocycles. The lowest BCUT2D eigenvalue weighted by Crippen LogP contribution is -2.25. The van der Waals surface area contributed by atoms with Gasteiger partial charge >= 0.3 is 5.97 Å². The zero-order valence-electron chi connectivity index (χ0n) is 14.3. The number of nitrogens with two attached hydrogens (primary N) is 1. The van der Waals surface area contributed by atoms with Gasteiger partial charge in [-0.25, -0.2) is 4.79 Å². The minimum atomic E-state index is -1.08. The molecule has 0 fully saturated rings. The van der Waals surface area contributed by atoms with Crippen molar-refractivity contribution in [1.82, 2.24) is 0 Å². The first-order chi connectivity index (χ1) is 12.3. The number of nitrogens with zero attached hydrogens (tertiary/aromatic N) is 1. The molecule has 0 heterocycles. The molecule has 0 aliphatic rings. The van der Waals surface area contributed by atoms with Gasteiger partial charge in [0.2, 0.25) is 5.78 Å². The number of benzene rings is 2. The fourth-order valence-corrected chi connectivity index (χ4v) is 2.23. The van der Waals surface area contributed by atoms with E-state index in [0.29, 0.717) is 17.9 Å². The molecule has 0 saturated carbocycles. The summed E-state index contributed by atoms with van der Waals surface area (Å²) in [4.78, 5) is 34.8. The van der Waals surface area contributed by atoms with E-state index >= 15 is 0 Å². The number of nitro benzene ring substituents is 1. The van der Waals surface area contributed by atoms with Crippen molar-refractivity contribution in [2.75, 3.05) is 12.3 Å². The monoisotopic (exact) mass is 358 g/mol. The Morgan fingerprint density at radius 1 is 1.19 bits per heavy atom. The third-order valence-electron chi connectivity index (χ3n) is 3.57. The van der Waals surface area contributed by atoms with E-state index in [-0.39, 0.29) is 16.9 Å². The smallest absolute Gasteiger partial charge is 0.341 e. The molecule has 2 N–H and O–H groups in total. The van der Waals surface area contributed by atoms with E-state index in [1.54, 1.807) is 24.3 Å². The summed E-state index contributed by atoms with van der Waals surface area (Å²) >= 11 is 0. The van der Waals surface area contributed by atoms with Crippen LogP contribution in [0.15, 0.2) is 42.5 Å². The largest absolute Gasteiger partial charge is 0.494 e. The Kier molecular flexibility index (Phi) is 5.90. The van der Waals surface area contributed by atoms with Crippen molar-refractivity contribution in [1.29, 1.82) is 0 Å². The minimum Gasteiger partial charge on any atom is -0.494 e. The number of hydrogen-bond donors (Lipinski definition) is 1. The molecule has 8 nitrogen and oxygen atoms in total. The van der Waals surface area contributed by atoms with E-state index in [2.05, 4.69) is 0 Å². The van der Waals surface area contributed by atoms with Gasteiger partial charge in [-0.1, -0.05) is 0 Å². The molecule has 0 saturated heterocycles. The highest BCUT2D eigenvalue weighted by Crippen LogP contribution is 2.21. The van der Waals surface area contributed by atoms with Gasteiger partial charge in [0.1, 0.15) is 5.75 Å². The van der Waals surface area contributed by atoms with Crippen molar-refractivity contribution in [3.05, 3.63) is 63.7 Å².